The first-order valence-corrected chi connectivity index (χ1v) is 20.3. The molecule has 2 N–H and O–H groups in total. The summed E-state index contributed by atoms with van der Waals surface area (Å²) in [6, 6.07) is 9.08. The molecule has 2 aromatic carbocycles. The fourth-order valence-electron chi connectivity index (χ4n) is 8.24. The largest absolute Gasteiger partial charge is 0.416 e. The third-order valence-corrected chi connectivity index (χ3v) is 11.6. The van der Waals surface area contributed by atoms with Crippen molar-refractivity contribution < 1.29 is 36.6 Å². The van der Waals surface area contributed by atoms with Crippen molar-refractivity contribution in [1.29, 1.82) is 0 Å². The molecule has 62 heavy (non-hydrogen) atoms. The molecular formula is C42H48F6N12O2. The SMILES string of the molecule is CC1(O)CCN(c2nc(C(C)(C)C)nc3c2nnn3Cc2cc(CC(C)(C)c3nc(N4CCC(C)(O)C4)c4nnn(Cc5ccccc5C(F)(F)F)c4n3)ccc2C(F)(F)F)C1. The molecule has 20 heteroatoms. The van der Waals surface area contributed by atoms with Crippen LogP contribution in [0, 0.1) is 0 Å². The fraction of sp³-hybridized carbons (Fsp3) is 0.524. The lowest BCUT2D eigenvalue weighted by Crippen LogP contribution is -2.31. The molecule has 2 atom stereocenters. The summed E-state index contributed by atoms with van der Waals surface area (Å²) in [4.78, 5) is 23.0. The molecule has 0 bridgehead atoms. The highest BCUT2D eigenvalue weighted by Crippen LogP contribution is 2.38. The van der Waals surface area contributed by atoms with Crippen LogP contribution in [0.1, 0.15) is 101 Å². The number of halogens is 6. The van der Waals surface area contributed by atoms with Crippen molar-refractivity contribution in [3.8, 4) is 0 Å². The van der Waals surface area contributed by atoms with Crippen LogP contribution in [-0.2, 0) is 42.7 Å². The zero-order valence-corrected chi connectivity index (χ0v) is 35.4. The van der Waals surface area contributed by atoms with Crippen molar-refractivity contribution in [2.45, 2.75) is 115 Å². The highest BCUT2D eigenvalue weighted by atomic mass is 19.4. The number of aromatic nitrogens is 10. The molecule has 0 amide bonds. The number of aliphatic hydroxyl groups is 2. The van der Waals surface area contributed by atoms with Gasteiger partial charge in [-0.2, -0.15) is 26.3 Å². The van der Waals surface area contributed by atoms with Gasteiger partial charge in [0.15, 0.2) is 34.0 Å². The molecule has 8 rings (SSSR count). The van der Waals surface area contributed by atoms with Gasteiger partial charge in [-0.15, -0.1) is 10.2 Å². The van der Waals surface area contributed by atoms with Gasteiger partial charge in [-0.3, -0.25) is 0 Å². The van der Waals surface area contributed by atoms with Crippen molar-refractivity contribution in [3.05, 3.63) is 81.9 Å². The van der Waals surface area contributed by atoms with Crippen LogP contribution in [0.15, 0.2) is 42.5 Å². The molecule has 2 fully saturated rings. The summed E-state index contributed by atoms with van der Waals surface area (Å²) < 4.78 is 88.8. The Morgan fingerprint density at radius 3 is 1.61 bits per heavy atom. The van der Waals surface area contributed by atoms with Crippen molar-refractivity contribution in [1.82, 2.24) is 49.9 Å². The highest BCUT2D eigenvalue weighted by molar-refractivity contribution is 5.84. The second-order valence-electron chi connectivity index (χ2n) is 18.9. The number of hydrogen-bond acceptors (Lipinski definition) is 12. The zero-order valence-electron chi connectivity index (χ0n) is 35.4. The van der Waals surface area contributed by atoms with Crippen LogP contribution in [0.3, 0.4) is 0 Å². The van der Waals surface area contributed by atoms with Gasteiger partial charge in [-0.05, 0) is 61.9 Å². The molecule has 14 nitrogen and oxygen atoms in total. The molecule has 0 spiro atoms. The minimum absolute atomic E-state index is 0.0455. The second-order valence-corrected chi connectivity index (χ2v) is 18.9. The molecule has 0 saturated carbocycles. The summed E-state index contributed by atoms with van der Waals surface area (Å²) in [6.45, 7) is 13.6. The Hall–Kier alpha value is -5.50. The van der Waals surface area contributed by atoms with E-state index >= 15 is 0 Å². The van der Waals surface area contributed by atoms with E-state index < -0.39 is 45.5 Å². The second kappa shape index (κ2) is 14.8. The zero-order chi connectivity index (χ0) is 44.8. The first-order chi connectivity index (χ1) is 28.8. The van der Waals surface area contributed by atoms with E-state index in [4.69, 9.17) is 19.9 Å². The van der Waals surface area contributed by atoms with E-state index in [0.29, 0.717) is 54.5 Å². The average Bonchev–Trinajstić information content (AvgIpc) is 3.95. The van der Waals surface area contributed by atoms with E-state index in [9.17, 15) is 36.6 Å². The summed E-state index contributed by atoms with van der Waals surface area (Å²) in [5.41, 5.74) is -3.84. The number of anilines is 2. The van der Waals surface area contributed by atoms with Crippen LogP contribution in [-0.4, -0.2) is 97.5 Å². The van der Waals surface area contributed by atoms with Crippen molar-refractivity contribution >= 4 is 34.0 Å². The number of rotatable bonds is 9. The van der Waals surface area contributed by atoms with Gasteiger partial charge >= 0.3 is 12.4 Å². The molecule has 2 unspecified atom stereocenters. The van der Waals surface area contributed by atoms with Gasteiger partial charge in [0.2, 0.25) is 0 Å². The highest BCUT2D eigenvalue weighted by Gasteiger charge is 2.39. The lowest BCUT2D eigenvalue weighted by atomic mass is 9.84. The van der Waals surface area contributed by atoms with E-state index in [1.165, 1.54) is 39.7 Å². The topological polar surface area (TPSA) is 160 Å². The Balaban J connectivity index is 1.18. The maximum Gasteiger partial charge on any atom is 0.416 e. The lowest BCUT2D eigenvalue weighted by molar-refractivity contribution is -0.139. The summed E-state index contributed by atoms with van der Waals surface area (Å²) in [7, 11) is 0. The minimum atomic E-state index is -4.71. The maximum atomic E-state index is 14.7. The minimum Gasteiger partial charge on any atom is -0.388 e. The molecule has 6 aromatic rings. The Morgan fingerprint density at radius 2 is 1.11 bits per heavy atom. The first kappa shape index (κ1) is 43.2. The Morgan fingerprint density at radius 1 is 0.629 bits per heavy atom. The number of alkyl halides is 6. The van der Waals surface area contributed by atoms with E-state index in [2.05, 4.69) is 20.6 Å². The van der Waals surface area contributed by atoms with E-state index in [0.717, 1.165) is 12.1 Å². The first-order valence-electron chi connectivity index (χ1n) is 20.3. The summed E-state index contributed by atoms with van der Waals surface area (Å²) >= 11 is 0. The standard InChI is InChI=1S/C42H48F6N12O2/c1-37(2,3)35-49-31(57-16-14-39(6,61)22-57)29-33(51-35)60(56-53-29)21-26-18-24(12-13-28(26)42(46,47)48)19-38(4,5)36-50-32(58-17-15-40(7,62)23-58)30-34(52-36)59(55-54-30)20-25-10-8-9-11-27(25)41(43,44)45/h8-13,18,61-62H,14-17,19-23H2,1-7H3. The van der Waals surface area contributed by atoms with Crippen LogP contribution >= 0.6 is 0 Å². The number of fused-ring (bicyclic) bond motifs is 2. The molecule has 2 saturated heterocycles. The van der Waals surface area contributed by atoms with Gasteiger partial charge in [0.25, 0.3) is 0 Å². The summed E-state index contributed by atoms with van der Waals surface area (Å²) in [5, 5.41) is 38.8. The molecule has 2 aliphatic heterocycles. The number of hydrogen-bond donors (Lipinski definition) is 2. The maximum absolute atomic E-state index is 14.7. The molecular weight excluding hydrogens is 819 g/mol. The van der Waals surface area contributed by atoms with Gasteiger partial charge < -0.3 is 20.0 Å². The molecule has 6 heterocycles. The molecule has 330 valence electrons. The predicted molar refractivity (Wildman–Crippen MR) is 218 cm³/mol. The average molecular weight is 867 g/mol. The molecule has 0 radical (unpaired) electrons. The van der Waals surface area contributed by atoms with Crippen molar-refractivity contribution in [2.75, 3.05) is 36.0 Å². The number of β-amino-alcohol motifs (C(OH)–C–C–N with tert-alkyl or cyclic N) is 2. The van der Waals surface area contributed by atoms with Gasteiger partial charge in [0, 0.05) is 37.0 Å². The molecule has 2 aliphatic rings. The van der Waals surface area contributed by atoms with Gasteiger partial charge in [-0.1, -0.05) is 75.4 Å². The Kier molecular flexibility index (Phi) is 10.3. The van der Waals surface area contributed by atoms with Crippen molar-refractivity contribution in [2.24, 2.45) is 0 Å². The third kappa shape index (κ3) is 8.50. The number of nitrogens with zero attached hydrogens (tertiary/aromatic N) is 12. The molecule has 4 aromatic heterocycles. The predicted octanol–water partition coefficient (Wildman–Crippen LogP) is 6.63. The van der Waals surface area contributed by atoms with Crippen LogP contribution in [0.2, 0.25) is 0 Å². The monoisotopic (exact) mass is 866 g/mol. The van der Waals surface area contributed by atoms with E-state index in [-0.39, 0.29) is 66.4 Å². The van der Waals surface area contributed by atoms with E-state index in [1.54, 1.807) is 13.8 Å². The normalized spacial score (nSPS) is 20.4. The lowest BCUT2D eigenvalue weighted by Gasteiger charge is -2.26. The van der Waals surface area contributed by atoms with Gasteiger partial charge in [-0.25, -0.2) is 29.3 Å². The Labute approximate surface area is 353 Å². The summed E-state index contributed by atoms with van der Waals surface area (Å²) in [6.07, 6.45) is -8.27. The summed E-state index contributed by atoms with van der Waals surface area (Å²) in [5.74, 6) is 1.48. The Bertz CT molecular complexity index is 2660. The third-order valence-electron chi connectivity index (χ3n) is 11.6. The van der Waals surface area contributed by atoms with Crippen LogP contribution in [0.5, 0.6) is 0 Å². The smallest absolute Gasteiger partial charge is 0.388 e. The van der Waals surface area contributed by atoms with Crippen LogP contribution in [0.4, 0.5) is 38.0 Å². The van der Waals surface area contributed by atoms with Gasteiger partial charge in [0.1, 0.15) is 11.6 Å². The molecule has 0 aliphatic carbocycles. The van der Waals surface area contributed by atoms with E-state index in [1.807, 2.05) is 44.4 Å². The quantitative estimate of drug-likeness (QED) is 0.150. The van der Waals surface area contributed by atoms with Gasteiger partial charge in [0.05, 0.1) is 35.4 Å². The van der Waals surface area contributed by atoms with Crippen LogP contribution in [0.25, 0.3) is 22.3 Å². The number of benzene rings is 2. The fourth-order valence-corrected chi connectivity index (χ4v) is 8.24. The van der Waals surface area contributed by atoms with Crippen molar-refractivity contribution in [3.63, 3.8) is 0 Å². The van der Waals surface area contributed by atoms with Crippen LogP contribution < -0.4 is 9.80 Å².